The van der Waals surface area contributed by atoms with Crippen LogP contribution in [0.2, 0.25) is 10.0 Å². The third-order valence-electron chi connectivity index (χ3n) is 4.94. The molecule has 10 heteroatoms. The zero-order valence-corrected chi connectivity index (χ0v) is 17.7. The predicted molar refractivity (Wildman–Crippen MR) is 111 cm³/mol. The van der Waals surface area contributed by atoms with Crippen molar-refractivity contribution in [1.82, 2.24) is 15.2 Å². The summed E-state index contributed by atoms with van der Waals surface area (Å²) in [7, 11) is 0. The average molecular weight is 461 g/mol. The van der Waals surface area contributed by atoms with Gasteiger partial charge >= 0.3 is 6.18 Å². The van der Waals surface area contributed by atoms with Crippen LogP contribution in [0.1, 0.15) is 24.1 Å². The Morgan fingerprint density at radius 3 is 2.43 bits per heavy atom. The van der Waals surface area contributed by atoms with Crippen LogP contribution >= 0.6 is 23.2 Å². The number of pyridine rings is 1. The van der Waals surface area contributed by atoms with Crippen molar-refractivity contribution in [1.29, 1.82) is 0 Å². The highest BCUT2D eigenvalue weighted by Gasteiger charge is 2.32. The third kappa shape index (κ3) is 5.56. The van der Waals surface area contributed by atoms with Gasteiger partial charge in [-0.05, 0) is 24.6 Å². The fourth-order valence-electron chi connectivity index (χ4n) is 3.33. The van der Waals surface area contributed by atoms with Crippen LogP contribution in [0.4, 0.5) is 19.0 Å². The maximum Gasteiger partial charge on any atom is 0.417 e. The quantitative estimate of drug-likeness (QED) is 0.717. The minimum Gasteiger partial charge on any atom is -0.353 e. The molecule has 0 aliphatic carbocycles. The fourth-order valence-corrected chi connectivity index (χ4v) is 3.92. The number of rotatable bonds is 5. The van der Waals surface area contributed by atoms with E-state index in [1.165, 1.54) is 0 Å². The van der Waals surface area contributed by atoms with Gasteiger partial charge in [0.15, 0.2) is 0 Å². The number of nitrogens with one attached hydrogen (secondary N) is 1. The molecule has 1 fully saturated rings. The van der Waals surface area contributed by atoms with Gasteiger partial charge in [0.25, 0.3) is 0 Å². The van der Waals surface area contributed by atoms with Crippen molar-refractivity contribution in [2.45, 2.75) is 19.1 Å². The van der Waals surface area contributed by atoms with Crippen LogP contribution in [-0.4, -0.2) is 48.5 Å². The van der Waals surface area contributed by atoms with Crippen LogP contribution in [0.5, 0.6) is 0 Å². The molecule has 1 saturated heterocycles. The summed E-state index contributed by atoms with van der Waals surface area (Å²) in [6, 6.07) is 8.01. The summed E-state index contributed by atoms with van der Waals surface area (Å²) in [4.78, 5) is 20.1. The molecule has 3 rings (SSSR count). The molecule has 1 amide bonds. The standard InChI is InChI=1S/C20H21Cl2F3N4O/c1-13(15-4-2-3-5-16(15)21)27-18(30)12-28-6-8-29(9-7-28)19-17(22)10-14(11-26-19)20(23,24)25/h2-5,10-11,13H,6-9,12H2,1H3,(H,27,30). The van der Waals surface area contributed by atoms with Crippen molar-refractivity contribution in [3.63, 3.8) is 0 Å². The molecule has 0 radical (unpaired) electrons. The first-order valence-electron chi connectivity index (χ1n) is 9.39. The number of carbonyl (C=O) groups excluding carboxylic acids is 1. The normalized spacial score (nSPS) is 16.4. The minimum atomic E-state index is -4.48. The van der Waals surface area contributed by atoms with E-state index in [-0.39, 0.29) is 23.5 Å². The van der Waals surface area contributed by atoms with Crippen molar-refractivity contribution in [3.8, 4) is 0 Å². The zero-order chi connectivity index (χ0) is 21.9. The lowest BCUT2D eigenvalue weighted by Gasteiger charge is -2.35. The van der Waals surface area contributed by atoms with Crippen LogP contribution in [0.25, 0.3) is 0 Å². The van der Waals surface area contributed by atoms with Gasteiger partial charge < -0.3 is 10.2 Å². The fraction of sp³-hybridized carbons (Fsp3) is 0.400. The molecule has 0 bridgehead atoms. The Kier molecular flexibility index (Phi) is 7.10. The molecule has 2 heterocycles. The number of hydrogen-bond donors (Lipinski definition) is 1. The Labute approximate surface area is 182 Å². The number of alkyl halides is 3. The van der Waals surface area contributed by atoms with E-state index in [2.05, 4.69) is 10.3 Å². The van der Waals surface area contributed by atoms with E-state index >= 15 is 0 Å². The Bertz CT molecular complexity index is 902. The van der Waals surface area contributed by atoms with Crippen molar-refractivity contribution in [2.24, 2.45) is 0 Å². The monoisotopic (exact) mass is 460 g/mol. The molecule has 0 saturated carbocycles. The number of nitrogens with zero attached hydrogens (tertiary/aromatic N) is 3. The summed E-state index contributed by atoms with van der Waals surface area (Å²) in [6.45, 7) is 4.23. The SMILES string of the molecule is CC(NC(=O)CN1CCN(c2ncc(C(F)(F)F)cc2Cl)CC1)c1ccccc1Cl. The minimum absolute atomic E-state index is 0.0374. The highest BCUT2D eigenvalue weighted by Crippen LogP contribution is 2.33. The van der Waals surface area contributed by atoms with Gasteiger partial charge in [-0.2, -0.15) is 13.2 Å². The number of halogens is 5. The summed E-state index contributed by atoms with van der Waals surface area (Å²) in [5, 5.41) is 3.50. The summed E-state index contributed by atoms with van der Waals surface area (Å²) < 4.78 is 38.3. The lowest BCUT2D eigenvalue weighted by molar-refractivity contribution is -0.137. The molecule has 1 atom stereocenters. The number of hydrogen-bond acceptors (Lipinski definition) is 4. The van der Waals surface area contributed by atoms with Crippen molar-refractivity contribution >= 4 is 34.9 Å². The lowest BCUT2D eigenvalue weighted by atomic mass is 10.1. The van der Waals surface area contributed by atoms with E-state index in [1.807, 2.05) is 34.9 Å². The number of anilines is 1. The van der Waals surface area contributed by atoms with Gasteiger partial charge in [0.1, 0.15) is 5.82 Å². The van der Waals surface area contributed by atoms with Crippen molar-refractivity contribution in [3.05, 3.63) is 57.7 Å². The lowest BCUT2D eigenvalue weighted by Crippen LogP contribution is -2.50. The maximum atomic E-state index is 12.8. The molecule has 1 aliphatic rings. The highest BCUT2D eigenvalue weighted by molar-refractivity contribution is 6.33. The van der Waals surface area contributed by atoms with Gasteiger partial charge in [0.05, 0.1) is 23.2 Å². The summed E-state index contributed by atoms with van der Waals surface area (Å²) >= 11 is 12.2. The van der Waals surface area contributed by atoms with E-state index < -0.39 is 11.7 Å². The van der Waals surface area contributed by atoms with E-state index in [4.69, 9.17) is 23.2 Å². The largest absolute Gasteiger partial charge is 0.417 e. The second-order valence-corrected chi connectivity index (χ2v) is 7.92. The number of piperazine rings is 1. The van der Waals surface area contributed by atoms with Gasteiger partial charge in [-0.1, -0.05) is 41.4 Å². The molecule has 1 unspecified atom stereocenters. The van der Waals surface area contributed by atoms with Gasteiger partial charge in [-0.15, -0.1) is 0 Å². The molecular weight excluding hydrogens is 440 g/mol. The smallest absolute Gasteiger partial charge is 0.353 e. The van der Waals surface area contributed by atoms with Crippen molar-refractivity contribution < 1.29 is 18.0 Å². The maximum absolute atomic E-state index is 12.8. The number of benzene rings is 1. The molecule has 0 spiro atoms. The second-order valence-electron chi connectivity index (χ2n) is 7.10. The van der Waals surface area contributed by atoms with Crippen LogP contribution < -0.4 is 10.2 Å². The molecule has 30 heavy (non-hydrogen) atoms. The Morgan fingerprint density at radius 1 is 1.17 bits per heavy atom. The van der Waals surface area contributed by atoms with Crippen LogP contribution in [0, 0.1) is 0 Å². The molecule has 1 N–H and O–H groups in total. The van der Waals surface area contributed by atoms with Gasteiger partial charge in [0, 0.05) is 37.4 Å². The summed E-state index contributed by atoms with van der Waals surface area (Å²) in [6.07, 6.45) is -3.69. The van der Waals surface area contributed by atoms with Gasteiger partial charge in [-0.3, -0.25) is 9.69 Å². The molecule has 1 aliphatic heterocycles. The van der Waals surface area contributed by atoms with Crippen molar-refractivity contribution in [2.75, 3.05) is 37.6 Å². The number of aromatic nitrogens is 1. The van der Waals surface area contributed by atoms with Crippen LogP contribution in [-0.2, 0) is 11.0 Å². The second kappa shape index (κ2) is 9.41. The molecule has 1 aromatic carbocycles. The van der Waals surface area contributed by atoms with Crippen LogP contribution in [0.3, 0.4) is 0 Å². The van der Waals surface area contributed by atoms with E-state index in [0.29, 0.717) is 37.0 Å². The Balaban J connectivity index is 1.52. The number of amides is 1. The van der Waals surface area contributed by atoms with Crippen LogP contribution in [0.15, 0.2) is 36.5 Å². The first-order valence-corrected chi connectivity index (χ1v) is 10.1. The first-order chi connectivity index (χ1) is 14.1. The Morgan fingerprint density at radius 2 is 1.83 bits per heavy atom. The zero-order valence-electron chi connectivity index (χ0n) is 16.2. The van der Waals surface area contributed by atoms with E-state index in [0.717, 1.165) is 17.8 Å². The Hall–Kier alpha value is -2.03. The topological polar surface area (TPSA) is 48.5 Å². The average Bonchev–Trinajstić information content (AvgIpc) is 2.68. The summed E-state index contributed by atoms with van der Waals surface area (Å²) in [5.74, 6) is 0.197. The predicted octanol–water partition coefficient (Wildman–Crippen LogP) is 4.41. The van der Waals surface area contributed by atoms with E-state index in [9.17, 15) is 18.0 Å². The van der Waals surface area contributed by atoms with E-state index in [1.54, 1.807) is 6.07 Å². The first kappa shape index (κ1) is 22.7. The molecule has 2 aromatic rings. The third-order valence-corrected chi connectivity index (χ3v) is 5.56. The number of carbonyl (C=O) groups is 1. The van der Waals surface area contributed by atoms with Gasteiger partial charge in [0.2, 0.25) is 5.91 Å². The van der Waals surface area contributed by atoms with Gasteiger partial charge in [-0.25, -0.2) is 4.98 Å². The summed E-state index contributed by atoms with van der Waals surface area (Å²) in [5.41, 5.74) is -0.0282. The highest BCUT2D eigenvalue weighted by atomic mass is 35.5. The molecule has 162 valence electrons. The molecule has 1 aromatic heterocycles. The molecule has 5 nitrogen and oxygen atoms in total. The molecular formula is C20H21Cl2F3N4O.